The van der Waals surface area contributed by atoms with E-state index in [1.54, 1.807) is 7.11 Å². The van der Waals surface area contributed by atoms with E-state index in [2.05, 4.69) is 15.5 Å². The summed E-state index contributed by atoms with van der Waals surface area (Å²) in [6.07, 6.45) is 6.33. The molecule has 0 unspecified atom stereocenters. The molecule has 1 saturated heterocycles. The van der Waals surface area contributed by atoms with E-state index in [0.717, 1.165) is 43.5 Å². The number of ether oxygens (including phenoxy) is 1. The molecule has 1 aliphatic heterocycles. The van der Waals surface area contributed by atoms with Crippen molar-refractivity contribution < 1.29 is 14.1 Å². The van der Waals surface area contributed by atoms with E-state index < -0.39 is 0 Å². The lowest BCUT2D eigenvalue weighted by Gasteiger charge is -2.24. The number of carbonyl (C=O) groups excluding carboxylic acids is 1. The Morgan fingerprint density at radius 3 is 2.92 bits per heavy atom. The molecule has 2 amide bonds. The fourth-order valence-corrected chi connectivity index (χ4v) is 3.84. The van der Waals surface area contributed by atoms with Crippen molar-refractivity contribution in [1.82, 2.24) is 20.4 Å². The molecule has 7 heteroatoms. The van der Waals surface area contributed by atoms with Crippen LogP contribution in [0, 0.1) is 0 Å². The summed E-state index contributed by atoms with van der Waals surface area (Å²) in [4.78, 5) is 19.0. The summed E-state index contributed by atoms with van der Waals surface area (Å²) in [5.41, 5.74) is 0.833. The van der Waals surface area contributed by atoms with Crippen LogP contribution in [0.4, 0.5) is 4.79 Å². The van der Waals surface area contributed by atoms with Gasteiger partial charge in [-0.25, -0.2) is 4.79 Å². The Morgan fingerprint density at radius 1 is 1.27 bits per heavy atom. The monoisotopic (exact) mass is 356 g/mol. The molecule has 1 aromatic carbocycles. The highest BCUT2D eigenvalue weighted by molar-refractivity contribution is 5.75. The van der Waals surface area contributed by atoms with Gasteiger partial charge in [0.15, 0.2) is 0 Å². The van der Waals surface area contributed by atoms with E-state index in [1.807, 2.05) is 29.2 Å². The van der Waals surface area contributed by atoms with Crippen molar-refractivity contribution >= 4 is 6.03 Å². The van der Waals surface area contributed by atoms with Crippen LogP contribution in [0.15, 0.2) is 28.8 Å². The van der Waals surface area contributed by atoms with Gasteiger partial charge in [0, 0.05) is 18.2 Å². The third-order valence-corrected chi connectivity index (χ3v) is 5.25. The second-order valence-corrected chi connectivity index (χ2v) is 6.97. The molecule has 0 spiro atoms. The number of aromatic nitrogens is 2. The first-order valence-electron chi connectivity index (χ1n) is 9.30. The lowest BCUT2D eigenvalue weighted by Crippen LogP contribution is -2.43. The van der Waals surface area contributed by atoms with Crippen LogP contribution in [-0.4, -0.2) is 40.8 Å². The normalized spacial score (nSPS) is 20.5. The van der Waals surface area contributed by atoms with Gasteiger partial charge in [-0.3, -0.25) is 0 Å². The Kier molecular flexibility index (Phi) is 4.77. The maximum Gasteiger partial charge on any atom is 0.318 e. The van der Waals surface area contributed by atoms with Crippen molar-refractivity contribution in [3.63, 3.8) is 0 Å². The number of likely N-dealkylation sites (tertiary alicyclic amines) is 1. The van der Waals surface area contributed by atoms with Crippen LogP contribution in [0.2, 0.25) is 0 Å². The van der Waals surface area contributed by atoms with Crippen LogP contribution in [0.25, 0.3) is 11.4 Å². The number of benzene rings is 1. The summed E-state index contributed by atoms with van der Waals surface area (Å²) in [7, 11) is 1.63. The van der Waals surface area contributed by atoms with Crippen LogP contribution in [-0.2, 0) is 0 Å². The number of urea groups is 1. The van der Waals surface area contributed by atoms with Gasteiger partial charge in [-0.1, -0.05) is 30.1 Å². The molecule has 2 aliphatic rings. The highest BCUT2D eigenvalue weighted by Crippen LogP contribution is 2.32. The van der Waals surface area contributed by atoms with E-state index in [0.29, 0.717) is 17.8 Å². The van der Waals surface area contributed by atoms with Crippen molar-refractivity contribution in [1.29, 1.82) is 0 Å². The number of hydrogen-bond acceptors (Lipinski definition) is 5. The highest BCUT2D eigenvalue weighted by Gasteiger charge is 2.35. The second kappa shape index (κ2) is 7.35. The summed E-state index contributed by atoms with van der Waals surface area (Å²) in [6, 6.07) is 7.68. The average molecular weight is 356 g/mol. The Hall–Kier alpha value is -2.57. The number of methoxy groups -OCH3 is 1. The van der Waals surface area contributed by atoms with Gasteiger partial charge in [0.25, 0.3) is 0 Å². The predicted molar refractivity (Wildman–Crippen MR) is 95.8 cm³/mol. The van der Waals surface area contributed by atoms with Crippen molar-refractivity contribution in [2.75, 3.05) is 13.7 Å². The minimum absolute atomic E-state index is 0.0134. The fourth-order valence-electron chi connectivity index (χ4n) is 3.84. The standard InChI is InChI=1S/C19H24N4O3/c1-25-15-9-4-6-13(12-15)17-21-18(26-22-17)16-10-5-11-23(16)19(24)20-14-7-2-3-8-14/h4,6,9,12,14,16H,2-3,5,7-8,10-11H2,1H3,(H,20,24)/t16-/m0/s1. The molecular formula is C19H24N4O3. The average Bonchev–Trinajstić information content (AvgIpc) is 3.41. The number of nitrogens with zero attached hydrogens (tertiary/aromatic N) is 3. The third-order valence-electron chi connectivity index (χ3n) is 5.25. The molecule has 2 fully saturated rings. The Balaban J connectivity index is 1.49. The van der Waals surface area contributed by atoms with Gasteiger partial charge >= 0.3 is 6.03 Å². The Bertz CT molecular complexity index is 770. The summed E-state index contributed by atoms with van der Waals surface area (Å²) in [5.74, 6) is 1.76. The van der Waals surface area contributed by atoms with Crippen LogP contribution in [0.1, 0.15) is 50.5 Å². The molecule has 0 bridgehead atoms. The summed E-state index contributed by atoms with van der Waals surface area (Å²) in [6.45, 7) is 0.722. The molecular weight excluding hydrogens is 332 g/mol. The molecule has 1 atom stereocenters. The van der Waals surface area contributed by atoms with Crippen molar-refractivity contribution in [2.45, 2.75) is 50.6 Å². The van der Waals surface area contributed by atoms with Crippen molar-refractivity contribution in [3.05, 3.63) is 30.2 Å². The lowest BCUT2D eigenvalue weighted by molar-refractivity contribution is 0.177. The molecule has 4 rings (SSSR count). The number of carbonyl (C=O) groups is 1. The lowest BCUT2D eigenvalue weighted by atomic mass is 10.2. The molecule has 138 valence electrons. The Morgan fingerprint density at radius 2 is 2.12 bits per heavy atom. The summed E-state index contributed by atoms with van der Waals surface area (Å²) < 4.78 is 10.8. The quantitative estimate of drug-likeness (QED) is 0.906. The van der Waals surface area contributed by atoms with E-state index in [9.17, 15) is 4.79 Å². The molecule has 26 heavy (non-hydrogen) atoms. The second-order valence-electron chi connectivity index (χ2n) is 6.97. The third kappa shape index (κ3) is 3.38. The minimum atomic E-state index is -0.150. The van der Waals surface area contributed by atoms with Crippen molar-refractivity contribution in [3.8, 4) is 17.1 Å². The zero-order valence-electron chi connectivity index (χ0n) is 15.0. The van der Waals surface area contributed by atoms with Crippen LogP contribution in [0.5, 0.6) is 5.75 Å². The van der Waals surface area contributed by atoms with E-state index in [-0.39, 0.29) is 12.1 Å². The topological polar surface area (TPSA) is 80.5 Å². The molecule has 1 aromatic heterocycles. The van der Waals surface area contributed by atoms with E-state index in [1.165, 1.54) is 12.8 Å². The van der Waals surface area contributed by atoms with Gasteiger partial charge in [0.2, 0.25) is 11.7 Å². The number of amides is 2. The van der Waals surface area contributed by atoms with Gasteiger partial charge in [-0.15, -0.1) is 0 Å². The molecule has 7 nitrogen and oxygen atoms in total. The van der Waals surface area contributed by atoms with Gasteiger partial charge in [0.05, 0.1) is 7.11 Å². The molecule has 1 N–H and O–H groups in total. The Labute approximate surface area is 152 Å². The minimum Gasteiger partial charge on any atom is -0.497 e. The highest BCUT2D eigenvalue weighted by atomic mass is 16.5. The zero-order valence-corrected chi connectivity index (χ0v) is 15.0. The largest absolute Gasteiger partial charge is 0.497 e. The van der Waals surface area contributed by atoms with Gasteiger partial charge in [-0.2, -0.15) is 4.98 Å². The predicted octanol–water partition coefficient (Wildman–Crippen LogP) is 3.53. The number of rotatable bonds is 4. The van der Waals surface area contributed by atoms with Gasteiger partial charge < -0.3 is 19.5 Å². The molecule has 2 heterocycles. The maximum atomic E-state index is 12.7. The van der Waals surface area contributed by atoms with E-state index >= 15 is 0 Å². The summed E-state index contributed by atoms with van der Waals surface area (Å²) >= 11 is 0. The van der Waals surface area contributed by atoms with Crippen LogP contribution >= 0.6 is 0 Å². The smallest absolute Gasteiger partial charge is 0.318 e. The number of hydrogen-bond donors (Lipinski definition) is 1. The first kappa shape index (κ1) is 16.9. The molecule has 2 aromatic rings. The zero-order chi connectivity index (χ0) is 17.9. The summed E-state index contributed by atoms with van der Waals surface area (Å²) in [5, 5.41) is 7.26. The van der Waals surface area contributed by atoms with E-state index in [4.69, 9.17) is 9.26 Å². The number of nitrogens with one attached hydrogen (secondary N) is 1. The molecule has 0 radical (unpaired) electrons. The fraction of sp³-hybridized carbons (Fsp3) is 0.526. The van der Waals surface area contributed by atoms with Crippen LogP contribution < -0.4 is 10.1 Å². The van der Waals surface area contributed by atoms with Gasteiger partial charge in [-0.05, 0) is 37.8 Å². The van der Waals surface area contributed by atoms with Crippen molar-refractivity contribution in [2.24, 2.45) is 0 Å². The molecule has 1 aliphatic carbocycles. The SMILES string of the molecule is COc1cccc(-c2noc([C@@H]3CCCN3C(=O)NC3CCCC3)n2)c1. The first-order chi connectivity index (χ1) is 12.7. The maximum absolute atomic E-state index is 12.7. The van der Waals surface area contributed by atoms with Gasteiger partial charge in [0.1, 0.15) is 11.8 Å². The first-order valence-corrected chi connectivity index (χ1v) is 9.30. The van der Waals surface area contributed by atoms with Crippen LogP contribution in [0.3, 0.4) is 0 Å². The molecule has 1 saturated carbocycles.